The third-order valence-electron chi connectivity index (χ3n) is 8.16. The van der Waals surface area contributed by atoms with Gasteiger partial charge in [0, 0.05) is 13.1 Å². The van der Waals surface area contributed by atoms with Crippen LogP contribution in [0.3, 0.4) is 0 Å². The maximum atomic E-state index is 13.8. The molecule has 1 aliphatic carbocycles. The van der Waals surface area contributed by atoms with E-state index in [1.165, 1.54) is 4.90 Å². The van der Waals surface area contributed by atoms with Gasteiger partial charge < -0.3 is 15.5 Å². The van der Waals surface area contributed by atoms with Crippen molar-refractivity contribution in [1.82, 2.24) is 26.0 Å². The molecule has 0 aromatic carbocycles. The van der Waals surface area contributed by atoms with Crippen LogP contribution in [-0.2, 0) is 24.0 Å². The SMILES string of the molecule is CC[C@H](C)[C@H](NC(=O)C(C)F)C(=O)N1C[C@H]2[C@@H]([C@H]1C(=O)NN(C[C@@H]1CCNC1=O)C(=O)[C@H](F)Cl)C2(C)C. The van der Waals surface area contributed by atoms with Crippen molar-refractivity contribution in [3.8, 4) is 0 Å². The van der Waals surface area contributed by atoms with Crippen LogP contribution in [0.15, 0.2) is 0 Å². The minimum Gasteiger partial charge on any atom is -0.356 e. The van der Waals surface area contributed by atoms with Gasteiger partial charge in [0.15, 0.2) is 6.17 Å². The highest BCUT2D eigenvalue weighted by Crippen LogP contribution is 2.65. The van der Waals surface area contributed by atoms with E-state index in [1.807, 2.05) is 20.8 Å². The first-order chi connectivity index (χ1) is 17.2. The van der Waals surface area contributed by atoms with Gasteiger partial charge in [-0.3, -0.25) is 29.4 Å². The van der Waals surface area contributed by atoms with Gasteiger partial charge in [0.2, 0.25) is 11.8 Å². The Morgan fingerprint density at radius 3 is 2.41 bits per heavy atom. The van der Waals surface area contributed by atoms with E-state index in [-0.39, 0.29) is 42.2 Å². The quantitative estimate of drug-likeness (QED) is 0.292. The molecule has 1 unspecified atom stereocenters. The molecule has 0 radical (unpaired) electrons. The van der Waals surface area contributed by atoms with Crippen molar-refractivity contribution >= 4 is 41.1 Å². The Balaban J connectivity index is 1.85. The molecule has 0 bridgehead atoms. The van der Waals surface area contributed by atoms with Crippen molar-refractivity contribution in [2.45, 2.75) is 71.3 Å². The standard InChI is InChI=1S/C24H36ClF2N5O5/c1-6-11(2)16(29-19(33)12(3)26)22(36)31-10-14-15(24(14,4)5)17(31)21(35)30-32(23(37)18(25)27)9-13-7-8-28-20(13)34/h11-18H,6-10H2,1-5H3,(H,28,34)(H,29,33)(H,30,35)/t11-,12?,13-,14-,15-,16-,17-,18-/m0/s1. The molecule has 2 heterocycles. The number of hydrogen-bond donors (Lipinski definition) is 3. The summed E-state index contributed by atoms with van der Waals surface area (Å²) >= 11 is 5.37. The zero-order valence-corrected chi connectivity index (χ0v) is 22.5. The van der Waals surface area contributed by atoms with Crippen LogP contribution in [0, 0.1) is 29.1 Å². The topological polar surface area (TPSA) is 128 Å². The zero-order chi connectivity index (χ0) is 27.8. The lowest BCUT2D eigenvalue weighted by Crippen LogP contribution is -2.60. The minimum absolute atomic E-state index is 0.00713. The van der Waals surface area contributed by atoms with Crippen molar-refractivity contribution in [2.75, 3.05) is 19.6 Å². The second kappa shape index (κ2) is 11.1. The van der Waals surface area contributed by atoms with E-state index in [1.54, 1.807) is 6.92 Å². The molecule has 13 heteroatoms. The van der Waals surface area contributed by atoms with Crippen molar-refractivity contribution in [3.05, 3.63) is 0 Å². The molecule has 3 aliphatic rings. The number of carbonyl (C=O) groups is 5. The van der Waals surface area contributed by atoms with Crippen molar-refractivity contribution in [3.63, 3.8) is 0 Å². The van der Waals surface area contributed by atoms with Gasteiger partial charge in [-0.15, -0.1) is 0 Å². The number of nitrogens with one attached hydrogen (secondary N) is 3. The number of rotatable bonds is 9. The summed E-state index contributed by atoms with van der Waals surface area (Å²) in [5, 5.41) is 5.80. The molecule has 0 aromatic rings. The first kappa shape index (κ1) is 29.1. The molecular formula is C24H36ClF2N5O5. The molecular weight excluding hydrogens is 512 g/mol. The molecule has 1 saturated carbocycles. The van der Waals surface area contributed by atoms with E-state index < -0.39 is 53.4 Å². The van der Waals surface area contributed by atoms with Crippen LogP contribution >= 0.6 is 11.6 Å². The average Bonchev–Trinajstić information content (AvgIpc) is 3.19. The molecule has 0 aromatic heterocycles. The molecule has 2 saturated heterocycles. The highest BCUT2D eigenvalue weighted by molar-refractivity contribution is 6.29. The average molecular weight is 548 g/mol. The number of nitrogens with zero attached hydrogens (tertiary/aromatic N) is 2. The van der Waals surface area contributed by atoms with Gasteiger partial charge >= 0.3 is 0 Å². The fourth-order valence-electron chi connectivity index (χ4n) is 5.49. The predicted octanol–water partition coefficient (Wildman–Crippen LogP) is 0.889. The third-order valence-corrected chi connectivity index (χ3v) is 8.35. The van der Waals surface area contributed by atoms with Crippen molar-refractivity contribution in [1.29, 1.82) is 0 Å². The Labute approximate surface area is 220 Å². The van der Waals surface area contributed by atoms with E-state index in [2.05, 4.69) is 16.1 Å². The number of hydrazine groups is 1. The van der Waals surface area contributed by atoms with Crippen LogP contribution in [0.1, 0.15) is 47.5 Å². The maximum absolute atomic E-state index is 13.8. The Kier molecular flexibility index (Phi) is 8.71. The molecule has 8 atom stereocenters. The lowest BCUT2D eigenvalue weighted by molar-refractivity contribution is -0.150. The molecule has 2 aliphatic heterocycles. The highest BCUT2D eigenvalue weighted by Gasteiger charge is 2.69. The van der Waals surface area contributed by atoms with E-state index in [0.29, 0.717) is 24.4 Å². The fourth-order valence-corrected chi connectivity index (χ4v) is 5.61. The number of piperidine rings is 1. The number of hydrogen-bond acceptors (Lipinski definition) is 5. The fraction of sp³-hybridized carbons (Fsp3) is 0.792. The van der Waals surface area contributed by atoms with E-state index >= 15 is 0 Å². The molecule has 37 heavy (non-hydrogen) atoms. The Morgan fingerprint density at radius 1 is 1.24 bits per heavy atom. The Bertz CT molecular complexity index is 948. The molecule has 3 N–H and O–H groups in total. The van der Waals surface area contributed by atoms with Gasteiger partial charge in [0.05, 0.1) is 12.5 Å². The minimum atomic E-state index is -2.44. The largest absolute Gasteiger partial charge is 0.356 e. The summed E-state index contributed by atoms with van der Waals surface area (Å²) in [5.74, 6) is -4.96. The summed E-state index contributed by atoms with van der Waals surface area (Å²) in [6.07, 6.45) is -0.909. The lowest BCUT2D eigenvalue weighted by Gasteiger charge is -2.36. The molecule has 10 nitrogen and oxygen atoms in total. The summed E-state index contributed by atoms with van der Waals surface area (Å²) in [6, 6.07) is -2.07. The monoisotopic (exact) mass is 547 g/mol. The zero-order valence-electron chi connectivity index (χ0n) is 21.7. The second-order valence-electron chi connectivity index (χ2n) is 10.9. The smallest absolute Gasteiger partial charge is 0.291 e. The van der Waals surface area contributed by atoms with E-state index in [9.17, 15) is 32.8 Å². The van der Waals surface area contributed by atoms with Crippen molar-refractivity contribution in [2.24, 2.45) is 29.1 Å². The normalized spacial score (nSPS) is 28.9. The Hall–Kier alpha value is -2.50. The lowest BCUT2D eigenvalue weighted by atomic mass is 9.95. The van der Waals surface area contributed by atoms with Crippen LogP contribution in [0.25, 0.3) is 0 Å². The summed E-state index contributed by atoms with van der Waals surface area (Å²) in [6.45, 7) is 8.93. The van der Waals surface area contributed by atoms with Crippen LogP contribution < -0.4 is 16.1 Å². The summed E-state index contributed by atoms with van der Waals surface area (Å²) in [4.78, 5) is 65.1. The van der Waals surface area contributed by atoms with Crippen molar-refractivity contribution < 1.29 is 32.8 Å². The van der Waals surface area contributed by atoms with Gasteiger partial charge in [0.25, 0.3) is 23.4 Å². The third kappa shape index (κ3) is 5.83. The second-order valence-corrected chi connectivity index (χ2v) is 11.3. The van der Waals surface area contributed by atoms with Crippen LogP contribution in [0.5, 0.6) is 0 Å². The predicted molar refractivity (Wildman–Crippen MR) is 130 cm³/mol. The molecule has 208 valence electrons. The van der Waals surface area contributed by atoms with Gasteiger partial charge in [-0.2, -0.15) is 0 Å². The summed E-state index contributed by atoms with van der Waals surface area (Å²) < 4.78 is 27.4. The number of fused-ring (bicyclic) bond motifs is 1. The van der Waals surface area contributed by atoms with Gasteiger partial charge in [-0.1, -0.05) is 45.7 Å². The number of halogens is 3. The molecule has 3 fully saturated rings. The summed E-state index contributed by atoms with van der Waals surface area (Å²) in [5.41, 5.74) is -0.301. The molecule has 5 amide bonds. The van der Waals surface area contributed by atoms with E-state index in [4.69, 9.17) is 11.6 Å². The number of carbonyl (C=O) groups excluding carboxylic acids is 5. The number of likely N-dealkylation sites (tertiary alicyclic amines) is 1. The van der Waals surface area contributed by atoms with Crippen LogP contribution in [0.4, 0.5) is 8.78 Å². The van der Waals surface area contributed by atoms with Gasteiger partial charge in [0.1, 0.15) is 12.1 Å². The first-order valence-electron chi connectivity index (χ1n) is 12.6. The first-order valence-corrected chi connectivity index (χ1v) is 13.1. The summed E-state index contributed by atoms with van der Waals surface area (Å²) in [7, 11) is 0. The Morgan fingerprint density at radius 2 is 1.89 bits per heavy atom. The molecule has 3 rings (SSSR count). The highest BCUT2D eigenvalue weighted by atomic mass is 35.5. The maximum Gasteiger partial charge on any atom is 0.291 e. The van der Waals surface area contributed by atoms with Crippen LogP contribution in [0.2, 0.25) is 0 Å². The number of alkyl halides is 3. The number of amides is 5. The van der Waals surface area contributed by atoms with Gasteiger partial charge in [-0.25, -0.2) is 13.8 Å². The van der Waals surface area contributed by atoms with Crippen LogP contribution in [-0.4, -0.2) is 83.0 Å². The van der Waals surface area contributed by atoms with Gasteiger partial charge in [-0.05, 0) is 36.5 Å². The molecule has 0 spiro atoms. The van der Waals surface area contributed by atoms with E-state index in [0.717, 1.165) is 6.92 Å².